The van der Waals surface area contributed by atoms with E-state index < -0.39 is 0 Å². The van der Waals surface area contributed by atoms with E-state index in [1.54, 1.807) is 18.5 Å². The summed E-state index contributed by atoms with van der Waals surface area (Å²) in [6.45, 7) is 7.06. The first-order valence-corrected chi connectivity index (χ1v) is 7.03. The number of carbonyl (C=O) groups excluding carboxylic acids is 1. The van der Waals surface area contributed by atoms with Crippen LogP contribution in [0.15, 0.2) is 25.0 Å². The minimum Gasteiger partial charge on any atom is -0.460 e. The molecule has 1 aliphatic heterocycles. The van der Waals surface area contributed by atoms with E-state index in [1.807, 2.05) is 11.8 Å². The van der Waals surface area contributed by atoms with Gasteiger partial charge in [-0.15, -0.1) is 6.58 Å². The molecule has 5 heteroatoms. The molecule has 2 heterocycles. The molecule has 108 valence electrons. The molecule has 0 bridgehead atoms. The van der Waals surface area contributed by atoms with E-state index in [2.05, 4.69) is 16.5 Å². The van der Waals surface area contributed by atoms with Gasteiger partial charge in [0.05, 0.1) is 0 Å². The van der Waals surface area contributed by atoms with Crippen LogP contribution in [0, 0.1) is 6.92 Å². The number of ether oxygens (including phenoxy) is 1. The molecular formula is C15H21N3O2. The molecule has 0 aliphatic carbocycles. The van der Waals surface area contributed by atoms with Gasteiger partial charge in [0.15, 0.2) is 0 Å². The maximum Gasteiger partial charge on any atom is 0.316 e. The topological polar surface area (TPSA) is 55.3 Å². The second-order valence-corrected chi connectivity index (χ2v) is 5.07. The van der Waals surface area contributed by atoms with Crippen LogP contribution in [0.3, 0.4) is 0 Å². The van der Waals surface area contributed by atoms with Crippen LogP contribution in [-0.2, 0) is 4.79 Å². The van der Waals surface area contributed by atoms with Crippen molar-refractivity contribution in [2.75, 3.05) is 13.1 Å². The number of allylic oxidation sites excluding steroid dienone is 1. The summed E-state index contributed by atoms with van der Waals surface area (Å²) in [7, 11) is 0. The minimum absolute atomic E-state index is 0.0983. The fourth-order valence-electron chi connectivity index (χ4n) is 2.20. The van der Waals surface area contributed by atoms with E-state index in [9.17, 15) is 4.79 Å². The van der Waals surface area contributed by atoms with E-state index in [-0.39, 0.29) is 12.0 Å². The van der Waals surface area contributed by atoms with Crippen molar-refractivity contribution in [3.63, 3.8) is 0 Å². The molecule has 1 aromatic rings. The van der Waals surface area contributed by atoms with Gasteiger partial charge in [-0.05, 0) is 18.9 Å². The summed E-state index contributed by atoms with van der Waals surface area (Å²) in [4.78, 5) is 22.1. The summed E-state index contributed by atoms with van der Waals surface area (Å²) in [6, 6.07) is 0.423. The third kappa shape index (κ3) is 4.05. The molecule has 0 atom stereocenters. The zero-order chi connectivity index (χ0) is 14.4. The summed E-state index contributed by atoms with van der Waals surface area (Å²) in [5, 5.41) is 0. The largest absolute Gasteiger partial charge is 0.460 e. The van der Waals surface area contributed by atoms with Gasteiger partial charge in [-0.2, -0.15) is 0 Å². The number of amides is 1. The predicted molar refractivity (Wildman–Crippen MR) is 76.4 cm³/mol. The van der Waals surface area contributed by atoms with Crippen LogP contribution in [-0.4, -0.2) is 40.0 Å². The van der Waals surface area contributed by atoms with Crippen molar-refractivity contribution in [2.45, 2.75) is 38.7 Å². The van der Waals surface area contributed by atoms with E-state index >= 15 is 0 Å². The van der Waals surface area contributed by atoms with E-state index in [4.69, 9.17) is 4.74 Å². The number of hydrogen-bond donors (Lipinski definition) is 0. The van der Waals surface area contributed by atoms with Crippen molar-refractivity contribution in [1.29, 1.82) is 0 Å². The molecule has 0 radical (unpaired) electrons. The molecule has 0 saturated carbocycles. The van der Waals surface area contributed by atoms with Gasteiger partial charge < -0.3 is 9.64 Å². The molecule has 2 rings (SSSR count). The number of carbonyl (C=O) groups is 1. The lowest BCUT2D eigenvalue weighted by Crippen LogP contribution is -2.41. The number of aromatic nitrogens is 2. The molecule has 1 amide bonds. The number of hydrogen-bond acceptors (Lipinski definition) is 4. The Morgan fingerprint density at radius 1 is 1.45 bits per heavy atom. The molecule has 1 fully saturated rings. The quantitative estimate of drug-likeness (QED) is 0.772. The minimum atomic E-state index is 0.0983. The predicted octanol–water partition coefficient (Wildman–Crippen LogP) is 2.12. The first-order valence-electron chi connectivity index (χ1n) is 7.03. The highest BCUT2D eigenvalue weighted by molar-refractivity contribution is 5.76. The van der Waals surface area contributed by atoms with Crippen molar-refractivity contribution >= 4 is 5.91 Å². The number of piperidine rings is 1. The Hall–Kier alpha value is -1.91. The number of nitrogens with zero attached hydrogens (tertiary/aromatic N) is 3. The Bertz CT molecular complexity index is 451. The lowest BCUT2D eigenvalue weighted by Gasteiger charge is -2.31. The van der Waals surface area contributed by atoms with Crippen LogP contribution < -0.4 is 4.74 Å². The molecular weight excluding hydrogens is 254 g/mol. The molecule has 1 aliphatic rings. The van der Waals surface area contributed by atoms with Crippen LogP contribution in [0.2, 0.25) is 0 Å². The van der Waals surface area contributed by atoms with Crippen molar-refractivity contribution < 1.29 is 9.53 Å². The third-order valence-electron chi connectivity index (χ3n) is 3.39. The Morgan fingerprint density at radius 3 is 2.70 bits per heavy atom. The number of aryl methyl sites for hydroxylation is 1. The highest BCUT2D eigenvalue weighted by Gasteiger charge is 2.23. The standard InChI is InChI=1S/C15H21N3O2/c1-3-4-5-14(19)18-8-6-13(7-9-18)20-15-16-10-12(2)11-17-15/h3,10-11,13H,1,4-9H2,2H3. The van der Waals surface area contributed by atoms with Crippen molar-refractivity contribution in [1.82, 2.24) is 14.9 Å². The Kier molecular flexibility index (Phi) is 5.09. The Balaban J connectivity index is 1.78. The van der Waals surface area contributed by atoms with Gasteiger partial charge in [-0.1, -0.05) is 6.08 Å². The van der Waals surface area contributed by atoms with Crippen LogP contribution in [0.1, 0.15) is 31.2 Å². The average molecular weight is 275 g/mol. The average Bonchev–Trinajstić information content (AvgIpc) is 2.48. The SMILES string of the molecule is C=CCCC(=O)N1CCC(Oc2ncc(C)cn2)CC1. The molecule has 20 heavy (non-hydrogen) atoms. The number of likely N-dealkylation sites (tertiary alicyclic amines) is 1. The Labute approximate surface area is 119 Å². The Morgan fingerprint density at radius 2 is 2.10 bits per heavy atom. The van der Waals surface area contributed by atoms with Crippen LogP contribution in [0.4, 0.5) is 0 Å². The van der Waals surface area contributed by atoms with Crippen LogP contribution in [0.25, 0.3) is 0 Å². The molecule has 1 aromatic heterocycles. The molecule has 1 saturated heterocycles. The van der Waals surface area contributed by atoms with Gasteiger partial charge in [0.2, 0.25) is 5.91 Å². The lowest BCUT2D eigenvalue weighted by molar-refractivity contribution is -0.132. The first-order chi connectivity index (χ1) is 9.69. The van der Waals surface area contributed by atoms with Gasteiger partial charge >= 0.3 is 6.01 Å². The van der Waals surface area contributed by atoms with Gasteiger partial charge in [0.1, 0.15) is 6.10 Å². The van der Waals surface area contributed by atoms with Crippen molar-refractivity contribution in [3.8, 4) is 6.01 Å². The first kappa shape index (κ1) is 14.5. The van der Waals surface area contributed by atoms with Gasteiger partial charge in [-0.25, -0.2) is 9.97 Å². The van der Waals surface area contributed by atoms with Crippen LogP contribution >= 0.6 is 0 Å². The third-order valence-corrected chi connectivity index (χ3v) is 3.39. The fourth-order valence-corrected chi connectivity index (χ4v) is 2.20. The monoisotopic (exact) mass is 275 g/mol. The molecule has 5 nitrogen and oxygen atoms in total. The van der Waals surface area contributed by atoms with E-state index in [0.29, 0.717) is 12.4 Å². The highest BCUT2D eigenvalue weighted by Crippen LogP contribution is 2.16. The summed E-state index contributed by atoms with van der Waals surface area (Å²) < 4.78 is 5.74. The maximum absolute atomic E-state index is 11.9. The van der Waals surface area contributed by atoms with Gasteiger partial charge in [0.25, 0.3) is 0 Å². The van der Waals surface area contributed by atoms with Gasteiger partial charge in [0, 0.05) is 44.7 Å². The fraction of sp³-hybridized carbons (Fsp3) is 0.533. The molecule has 0 unspecified atom stereocenters. The summed E-state index contributed by atoms with van der Waals surface area (Å²) in [5.74, 6) is 0.204. The van der Waals surface area contributed by atoms with Crippen molar-refractivity contribution in [3.05, 3.63) is 30.6 Å². The summed E-state index contributed by atoms with van der Waals surface area (Å²) in [6.07, 6.45) is 8.33. The summed E-state index contributed by atoms with van der Waals surface area (Å²) in [5.41, 5.74) is 1.01. The summed E-state index contributed by atoms with van der Waals surface area (Å²) >= 11 is 0. The molecule has 0 aromatic carbocycles. The van der Waals surface area contributed by atoms with E-state index in [1.165, 1.54) is 0 Å². The zero-order valence-corrected chi connectivity index (χ0v) is 11.9. The normalized spacial score (nSPS) is 15.9. The second kappa shape index (κ2) is 7.03. The maximum atomic E-state index is 11.9. The van der Waals surface area contributed by atoms with Crippen LogP contribution in [0.5, 0.6) is 6.01 Å². The van der Waals surface area contributed by atoms with Crippen molar-refractivity contribution in [2.24, 2.45) is 0 Å². The smallest absolute Gasteiger partial charge is 0.316 e. The highest BCUT2D eigenvalue weighted by atomic mass is 16.5. The molecule has 0 spiro atoms. The van der Waals surface area contributed by atoms with Gasteiger partial charge in [-0.3, -0.25) is 4.79 Å². The lowest BCUT2D eigenvalue weighted by atomic mass is 10.1. The molecule has 0 N–H and O–H groups in total. The zero-order valence-electron chi connectivity index (χ0n) is 11.9. The second-order valence-electron chi connectivity index (χ2n) is 5.07. The van der Waals surface area contributed by atoms with E-state index in [0.717, 1.165) is 37.9 Å². The number of rotatable bonds is 5.